The van der Waals surface area contributed by atoms with E-state index in [-0.39, 0.29) is 0 Å². The van der Waals surface area contributed by atoms with Gasteiger partial charge >= 0.3 is 0 Å². The lowest BCUT2D eigenvalue weighted by Crippen LogP contribution is -1.93. The van der Waals surface area contributed by atoms with Crippen molar-refractivity contribution in [2.24, 2.45) is 0 Å². The summed E-state index contributed by atoms with van der Waals surface area (Å²) in [7, 11) is 0. The highest BCUT2D eigenvalue weighted by Gasteiger charge is 1.89. The van der Waals surface area contributed by atoms with Gasteiger partial charge in [-0.3, -0.25) is 0 Å². The molecule has 0 bridgehead atoms. The van der Waals surface area contributed by atoms with Crippen molar-refractivity contribution in [3.8, 4) is 41.8 Å². The van der Waals surface area contributed by atoms with Gasteiger partial charge in [-0.25, -0.2) is 0 Å². The van der Waals surface area contributed by atoms with Gasteiger partial charge in [-0.1, -0.05) is 47.3 Å². The average Bonchev–Trinajstić information content (AvgIpc) is 2.35. The van der Waals surface area contributed by atoms with Crippen LogP contribution in [0.1, 0.15) is 18.4 Å². The summed E-state index contributed by atoms with van der Waals surface area (Å²) in [6.45, 7) is 2.43. The quantitative estimate of drug-likeness (QED) is 0.699. The first-order valence-corrected chi connectivity index (χ1v) is 5.37. The van der Waals surface area contributed by atoms with Crippen molar-refractivity contribution < 1.29 is 4.74 Å². The predicted octanol–water partition coefficient (Wildman–Crippen LogP) is 2.79. The van der Waals surface area contributed by atoms with Crippen molar-refractivity contribution in [2.45, 2.75) is 19.8 Å². The van der Waals surface area contributed by atoms with Crippen LogP contribution < -0.4 is 4.74 Å². The molecule has 0 spiro atoms. The van der Waals surface area contributed by atoms with Crippen LogP contribution >= 0.6 is 0 Å². The third kappa shape index (κ3) is 5.99. The second kappa shape index (κ2) is 7.92. The molecule has 0 atom stereocenters. The van der Waals surface area contributed by atoms with Gasteiger partial charge < -0.3 is 4.74 Å². The minimum absolute atomic E-state index is 0.389. The number of benzene rings is 1. The lowest BCUT2D eigenvalue weighted by molar-refractivity contribution is 0.370. The molecule has 0 fully saturated rings. The Morgan fingerprint density at radius 3 is 2.35 bits per heavy atom. The zero-order valence-electron chi connectivity index (χ0n) is 9.92. The Hall–Kier alpha value is -2.30. The molecule has 0 aromatic heterocycles. The van der Waals surface area contributed by atoms with Gasteiger partial charge in [-0.2, -0.15) is 0 Å². The molecule has 0 radical (unpaired) electrons. The molecule has 0 saturated heterocycles. The SMILES string of the molecule is C#CCC#CCC#CCOc1ccc(C)cc1. The van der Waals surface area contributed by atoms with Crippen LogP contribution in [-0.4, -0.2) is 6.61 Å². The maximum atomic E-state index is 5.43. The maximum Gasteiger partial charge on any atom is 0.149 e. The van der Waals surface area contributed by atoms with Gasteiger partial charge in [0.1, 0.15) is 12.4 Å². The largest absolute Gasteiger partial charge is 0.481 e. The highest BCUT2D eigenvalue weighted by Crippen LogP contribution is 2.10. The Morgan fingerprint density at radius 1 is 1.00 bits per heavy atom. The second-order valence-corrected chi connectivity index (χ2v) is 3.37. The number of aryl methyl sites for hydroxylation is 1. The van der Waals surface area contributed by atoms with Crippen molar-refractivity contribution in [2.75, 3.05) is 6.61 Å². The van der Waals surface area contributed by atoms with Gasteiger partial charge in [0.2, 0.25) is 0 Å². The van der Waals surface area contributed by atoms with Gasteiger partial charge in [-0.15, -0.1) is 6.42 Å². The Morgan fingerprint density at radius 2 is 1.65 bits per heavy atom. The molecule has 1 rings (SSSR count). The maximum absolute atomic E-state index is 5.43. The van der Waals surface area contributed by atoms with Gasteiger partial charge in [0, 0.05) is 0 Å². The molecule has 84 valence electrons. The minimum atomic E-state index is 0.389. The second-order valence-electron chi connectivity index (χ2n) is 3.37. The third-order valence-corrected chi connectivity index (χ3v) is 1.95. The minimum Gasteiger partial charge on any atom is -0.481 e. The fourth-order valence-electron chi connectivity index (χ4n) is 1.09. The Balaban J connectivity index is 2.25. The van der Waals surface area contributed by atoms with Crippen LogP contribution in [0.2, 0.25) is 0 Å². The number of hydrogen-bond acceptors (Lipinski definition) is 1. The molecule has 0 heterocycles. The van der Waals surface area contributed by atoms with Crippen LogP contribution in [0.4, 0.5) is 0 Å². The Labute approximate surface area is 103 Å². The summed E-state index contributed by atoms with van der Waals surface area (Å²) in [5.41, 5.74) is 1.22. The van der Waals surface area contributed by atoms with E-state index < -0.39 is 0 Å². The highest BCUT2D eigenvalue weighted by atomic mass is 16.5. The molecule has 0 amide bonds. The first kappa shape index (κ1) is 12.8. The molecule has 0 aliphatic heterocycles. The van der Waals surface area contributed by atoms with Gasteiger partial charge in [0.15, 0.2) is 0 Å². The summed E-state index contributed by atoms with van der Waals surface area (Å²) in [6.07, 6.45) is 6.09. The fourth-order valence-corrected chi connectivity index (χ4v) is 1.09. The molecule has 0 aliphatic carbocycles. The van der Waals surface area contributed by atoms with Crippen molar-refractivity contribution in [1.29, 1.82) is 0 Å². The van der Waals surface area contributed by atoms with Crippen molar-refractivity contribution in [1.82, 2.24) is 0 Å². The van der Waals surface area contributed by atoms with Crippen molar-refractivity contribution in [3.05, 3.63) is 29.8 Å². The summed E-state index contributed by atoms with van der Waals surface area (Å²) in [5, 5.41) is 0. The number of terminal acetylenes is 1. The third-order valence-electron chi connectivity index (χ3n) is 1.95. The Bertz CT molecular complexity index is 495. The first-order valence-electron chi connectivity index (χ1n) is 5.37. The average molecular weight is 222 g/mol. The van der Waals surface area contributed by atoms with E-state index in [0.29, 0.717) is 19.4 Å². The lowest BCUT2D eigenvalue weighted by Gasteiger charge is -2.01. The molecular weight excluding hydrogens is 208 g/mol. The monoisotopic (exact) mass is 222 g/mol. The first-order chi connectivity index (χ1) is 8.33. The summed E-state index contributed by atoms with van der Waals surface area (Å²) >= 11 is 0. The topological polar surface area (TPSA) is 9.23 Å². The molecule has 0 unspecified atom stereocenters. The summed E-state index contributed by atoms with van der Waals surface area (Å²) < 4.78 is 5.43. The Kier molecular flexibility index (Phi) is 5.95. The summed E-state index contributed by atoms with van der Waals surface area (Å²) in [5.74, 6) is 14.8. The fraction of sp³-hybridized carbons (Fsp3) is 0.250. The molecule has 1 heteroatoms. The summed E-state index contributed by atoms with van der Waals surface area (Å²) in [4.78, 5) is 0. The van der Waals surface area contributed by atoms with E-state index in [9.17, 15) is 0 Å². The summed E-state index contributed by atoms with van der Waals surface area (Å²) in [6, 6.07) is 7.88. The number of ether oxygens (including phenoxy) is 1. The van der Waals surface area contributed by atoms with E-state index in [1.54, 1.807) is 0 Å². The zero-order valence-corrected chi connectivity index (χ0v) is 9.92. The normalized spacial score (nSPS) is 8.00. The molecule has 1 nitrogen and oxygen atoms in total. The molecule has 1 aromatic rings. The number of hydrogen-bond donors (Lipinski definition) is 0. The van der Waals surface area contributed by atoms with E-state index in [1.807, 2.05) is 31.2 Å². The van der Waals surface area contributed by atoms with Crippen LogP contribution in [0.5, 0.6) is 5.75 Å². The van der Waals surface area contributed by atoms with Gasteiger partial charge in [0.05, 0.1) is 12.8 Å². The number of rotatable bonds is 2. The zero-order chi connectivity index (χ0) is 12.3. The van der Waals surface area contributed by atoms with Crippen molar-refractivity contribution >= 4 is 0 Å². The van der Waals surface area contributed by atoms with Crippen LogP contribution in [-0.2, 0) is 0 Å². The van der Waals surface area contributed by atoms with E-state index in [2.05, 4.69) is 29.6 Å². The van der Waals surface area contributed by atoms with E-state index in [0.717, 1.165) is 5.75 Å². The van der Waals surface area contributed by atoms with E-state index in [1.165, 1.54) is 5.56 Å². The lowest BCUT2D eigenvalue weighted by atomic mass is 10.2. The highest BCUT2D eigenvalue weighted by molar-refractivity contribution is 5.26. The molecular formula is C16H14O. The van der Waals surface area contributed by atoms with E-state index >= 15 is 0 Å². The molecule has 0 N–H and O–H groups in total. The van der Waals surface area contributed by atoms with Gasteiger partial charge in [-0.05, 0) is 19.1 Å². The van der Waals surface area contributed by atoms with Crippen LogP contribution in [0.25, 0.3) is 0 Å². The van der Waals surface area contributed by atoms with Gasteiger partial charge in [0.25, 0.3) is 0 Å². The molecule has 0 saturated carbocycles. The predicted molar refractivity (Wildman–Crippen MR) is 70.3 cm³/mol. The van der Waals surface area contributed by atoms with Crippen LogP contribution in [0, 0.1) is 42.9 Å². The van der Waals surface area contributed by atoms with Crippen molar-refractivity contribution in [3.63, 3.8) is 0 Å². The van der Waals surface area contributed by atoms with Crippen LogP contribution in [0.15, 0.2) is 24.3 Å². The van der Waals surface area contributed by atoms with E-state index in [4.69, 9.17) is 11.2 Å². The smallest absolute Gasteiger partial charge is 0.149 e. The van der Waals surface area contributed by atoms with Crippen LogP contribution in [0.3, 0.4) is 0 Å². The molecule has 0 aliphatic rings. The molecule has 17 heavy (non-hydrogen) atoms. The molecule has 1 aromatic carbocycles. The standard InChI is InChI=1S/C16H14O/c1-3-4-5-6-7-8-9-14-17-16-12-10-15(2)11-13-16/h1,10-13H,4,7,14H2,2H3.